The number of benzene rings is 2. The fraction of sp³-hybridized carbons (Fsp3) is 0.273. The van der Waals surface area contributed by atoms with Crippen LogP contribution in [-0.4, -0.2) is 59.2 Å². The van der Waals surface area contributed by atoms with Gasteiger partial charge in [0.2, 0.25) is 5.54 Å². The first-order valence-electron chi connectivity index (χ1n) is 9.85. The van der Waals surface area contributed by atoms with E-state index in [1.54, 1.807) is 54.6 Å². The number of rotatable bonds is 11. The Morgan fingerprint density at radius 2 is 1.65 bits per heavy atom. The van der Waals surface area contributed by atoms with Crippen LogP contribution in [0.15, 0.2) is 54.6 Å². The highest BCUT2D eigenvalue weighted by Crippen LogP contribution is 2.16. The fourth-order valence-corrected chi connectivity index (χ4v) is 2.78. The van der Waals surface area contributed by atoms with Crippen molar-refractivity contribution in [2.24, 2.45) is 11.5 Å². The highest BCUT2D eigenvalue weighted by atomic mass is 35.5. The van der Waals surface area contributed by atoms with Crippen LogP contribution in [-0.2, 0) is 41.9 Å². The fourth-order valence-electron chi connectivity index (χ4n) is 2.59. The Morgan fingerprint density at radius 3 is 2.26 bits per heavy atom. The Hall–Kier alpha value is -3.51. The minimum atomic E-state index is -2.88. The molecule has 0 aliphatic rings. The van der Waals surface area contributed by atoms with Gasteiger partial charge < -0.3 is 26.0 Å². The predicted octanol–water partition coefficient (Wildman–Crippen LogP) is 1.26. The summed E-state index contributed by atoms with van der Waals surface area (Å²) in [5, 5.41) is 10.5. The van der Waals surface area contributed by atoms with Crippen LogP contribution >= 0.6 is 11.6 Å². The number of aliphatic carboxylic acids is 1. The van der Waals surface area contributed by atoms with E-state index in [4.69, 9.17) is 37.4 Å². The zero-order valence-electron chi connectivity index (χ0n) is 18.2. The Bertz CT molecular complexity index is 1040. The van der Waals surface area contributed by atoms with Gasteiger partial charge >= 0.3 is 18.0 Å². The van der Waals surface area contributed by atoms with E-state index in [9.17, 15) is 24.3 Å². The monoisotopic (exact) mass is 493 g/mol. The smallest absolute Gasteiger partial charge is 0.434 e. The van der Waals surface area contributed by atoms with Gasteiger partial charge in [0.25, 0.3) is 0 Å². The number of ether oxygens (including phenoxy) is 2. The molecule has 0 aliphatic carbocycles. The number of ketones is 1. The summed E-state index contributed by atoms with van der Waals surface area (Å²) >= 11 is 5.98. The number of amides is 1. The number of hydrogen-bond donors (Lipinski definition) is 3. The normalized spacial score (nSPS) is 13.3. The van der Waals surface area contributed by atoms with E-state index in [0.29, 0.717) is 21.2 Å². The number of halogens is 1. The summed E-state index contributed by atoms with van der Waals surface area (Å²) in [6, 6.07) is 13.1. The standard InChI is InChI=1S/C22H24ClN3O8/c1-26(21(31)33-12-15-9-5-6-10-16(15)23)34-13-17(27)18(24)22(25,19(28)29)20(30)32-11-14-7-3-2-4-8-14/h2-10,18H,11-13,24-25H2,1H3,(H,28,29). The van der Waals surface area contributed by atoms with Crippen LogP contribution in [0.1, 0.15) is 11.1 Å². The molecule has 0 spiro atoms. The summed E-state index contributed by atoms with van der Waals surface area (Å²) in [4.78, 5) is 53.6. The molecule has 0 fully saturated rings. The molecule has 2 rings (SSSR count). The van der Waals surface area contributed by atoms with E-state index in [1.807, 2.05) is 0 Å². The average Bonchev–Trinajstić information content (AvgIpc) is 2.84. The summed E-state index contributed by atoms with van der Waals surface area (Å²) in [5.41, 5.74) is 9.63. The number of nitrogens with zero attached hydrogens (tertiary/aromatic N) is 1. The number of hydrogen-bond acceptors (Lipinski definition) is 9. The van der Waals surface area contributed by atoms with E-state index in [2.05, 4.69) is 0 Å². The van der Waals surface area contributed by atoms with Crippen molar-refractivity contribution in [2.45, 2.75) is 24.8 Å². The van der Waals surface area contributed by atoms with E-state index in [1.165, 1.54) is 0 Å². The molecule has 2 unspecified atom stereocenters. The second-order valence-electron chi connectivity index (χ2n) is 7.10. The first-order valence-corrected chi connectivity index (χ1v) is 10.2. The molecule has 0 aromatic heterocycles. The summed E-state index contributed by atoms with van der Waals surface area (Å²) in [6.45, 7) is -1.29. The molecule has 0 saturated carbocycles. The van der Waals surface area contributed by atoms with Gasteiger partial charge in [0.1, 0.15) is 25.9 Å². The second-order valence-corrected chi connectivity index (χ2v) is 7.50. The maximum Gasteiger partial charge on any atom is 0.434 e. The van der Waals surface area contributed by atoms with Gasteiger partial charge in [0.15, 0.2) is 5.78 Å². The average molecular weight is 494 g/mol. The van der Waals surface area contributed by atoms with Crippen LogP contribution in [0, 0.1) is 0 Å². The molecule has 182 valence electrons. The number of carboxylic acids is 1. The highest BCUT2D eigenvalue weighted by Gasteiger charge is 2.52. The largest absolute Gasteiger partial charge is 0.479 e. The maximum absolute atomic E-state index is 12.4. The summed E-state index contributed by atoms with van der Waals surface area (Å²) in [6.07, 6.45) is -0.958. The van der Waals surface area contributed by atoms with E-state index in [-0.39, 0.29) is 13.2 Å². The van der Waals surface area contributed by atoms with Gasteiger partial charge in [-0.1, -0.05) is 60.1 Å². The molecule has 0 bridgehead atoms. The Morgan fingerprint density at radius 1 is 1.03 bits per heavy atom. The third-order valence-electron chi connectivity index (χ3n) is 4.71. The van der Waals surface area contributed by atoms with Gasteiger partial charge in [-0.05, 0) is 11.6 Å². The van der Waals surface area contributed by atoms with Crippen LogP contribution in [0.5, 0.6) is 0 Å². The van der Waals surface area contributed by atoms with Gasteiger partial charge in [-0.3, -0.25) is 9.63 Å². The molecule has 5 N–H and O–H groups in total. The maximum atomic E-state index is 12.4. The number of hydroxylamine groups is 2. The zero-order valence-corrected chi connectivity index (χ0v) is 18.9. The highest BCUT2D eigenvalue weighted by molar-refractivity contribution is 6.31. The van der Waals surface area contributed by atoms with Crippen molar-refractivity contribution < 1.29 is 38.6 Å². The Balaban J connectivity index is 1.92. The minimum Gasteiger partial charge on any atom is -0.479 e. The van der Waals surface area contributed by atoms with Gasteiger partial charge in [0, 0.05) is 17.6 Å². The molecule has 0 radical (unpaired) electrons. The van der Waals surface area contributed by atoms with Crippen LogP contribution in [0.25, 0.3) is 0 Å². The molecule has 0 heterocycles. The van der Waals surface area contributed by atoms with Crippen molar-refractivity contribution in [2.75, 3.05) is 13.7 Å². The SMILES string of the molecule is CN(OCC(=O)C(N)C(N)(C(=O)O)C(=O)OCc1ccccc1)C(=O)OCc1ccccc1Cl. The molecule has 0 aliphatic heterocycles. The summed E-state index contributed by atoms with van der Waals surface area (Å²) < 4.78 is 9.98. The van der Waals surface area contributed by atoms with Crippen molar-refractivity contribution in [3.05, 3.63) is 70.7 Å². The van der Waals surface area contributed by atoms with Gasteiger partial charge in [0.05, 0.1) is 0 Å². The lowest BCUT2D eigenvalue weighted by atomic mass is 9.89. The number of Topliss-reactive ketones (excluding diaryl/α,β-unsaturated/α-hetero) is 1. The molecule has 12 heteroatoms. The minimum absolute atomic E-state index is 0.155. The molecule has 11 nitrogen and oxygen atoms in total. The Kier molecular flexibility index (Phi) is 9.51. The lowest BCUT2D eigenvalue weighted by Crippen LogP contribution is -2.69. The molecule has 0 saturated heterocycles. The van der Waals surface area contributed by atoms with E-state index < -0.39 is 42.0 Å². The zero-order chi connectivity index (χ0) is 25.3. The van der Waals surface area contributed by atoms with Gasteiger partial charge in [-0.25, -0.2) is 14.4 Å². The second kappa shape index (κ2) is 12.1. The molecule has 2 atom stereocenters. The quantitative estimate of drug-likeness (QED) is 0.235. The molecule has 2 aromatic rings. The lowest BCUT2D eigenvalue weighted by Gasteiger charge is -2.28. The van der Waals surface area contributed by atoms with Crippen LogP contribution in [0.3, 0.4) is 0 Å². The first kappa shape index (κ1) is 26.7. The summed E-state index contributed by atoms with van der Waals surface area (Å²) in [5.74, 6) is -4.33. The van der Waals surface area contributed by atoms with Gasteiger partial charge in [-0.2, -0.15) is 5.06 Å². The van der Waals surface area contributed by atoms with Crippen molar-refractivity contribution >= 4 is 35.4 Å². The lowest BCUT2D eigenvalue weighted by molar-refractivity contribution is -0.167. The van der Waals surface area contributed by atoms with Crippen LogP contribution in [0.2, 0.25) is 5.02 Å². The number of nitrogens with two attached hydrogens (primary N) is 2. The molecule has 1 amide bonds. The van der Waals surface area contributed by atoms with Crippen molar-refractivity contribution in [1.82, 2.24) is 5.06 Å². The van der Waals surface area contributed by atoms with Crippen LogP contribution < -0.4 is 11.5 Å². The molecular formula is C22H24ClN3O8. The molecular weight excluding hydrogens is 470 g/mol. The number of esters is 1. The number of carbonyl (C=O) groups excluding carboxylic acids is 3. The van der Waals surface area contributed by atoms with Crippen molar-refractivity contribution in [1.29, 1.82) is 0 Å². The third kappa shape index (κ3) is 6.75. The summed E-state index contributed by atoms with van der Waals surface area (Å²) in [7, 11) is 1.16. The topological polar surface area (TPSA) is 171 Å². The molecule has 34 heavy (non-hydrogen) atoms. The predicted molar refractivity (Wildman–Crippen MR) is 119 cm³/mol. The van der Waals surface area contributed by atoms with Crippen molar-refractivity contribution in [3.63, 3.8) is 0 Å². The first-order chi connectivity index (χ1) is 16.1. The van der Waals surface area contributed by atoms with E-state index >= 15 is 0 Å². The number of carboxylic acid groups (broad SMARTS) is 1. The molecule has 2 aromatic carbocycles. The number of carbonyl (C=O) groups is 4. The Labute approximate surface area is 200 Å². The van der Waals surface area contributed by atoms with E-state index in [0.717, 1.165) is 7.05 Å². The van der Waals surface area contributed by atoms with Crippen molar-refractivity contribution in [3.8, 4) is 0 Å². The van der Waals surface area contributed by atoms with Gasteiger partial charge in [-0.15, -0.1) is 0 Å². The third-order valence-corrected chi connectivity index (χ3v) is 5.08. The van der Waals surface area contributed by atoms with Crippen LogP contribution in [0.4, 0.5) is 4.79 Å².